The molecule has 4 rings (SSSR count). The molecule has 9 heteroatoms. The smallest absolute Gasteiger partial charge is 0.258 e. The van der Waals surface area contributed by atoms with E-state index in [1.165, 1.54) is 12.3 Å². The molecule has 2 aromatic heterocycles. The molecule has 0 spiro atoms. The molecule has 2 aromatic carbocycles. The van der Waals surface area contributed by atoms with Crippen LogP contribution in [-0.2, 0) is 0 Å². The summed E-state index contributed by atoms with van der Waals surface area (Å²) in [4.78, 5) is 33.8. The van der Waals surface area contributed by atoms with Crippen molar-refractivity contribution in [2.45, 2.75) is 0 Å². The van der Waals surface area contributed by atoms with Gasteiger partial charge in [0.1, 0.15) is 17.4 Å². The Kier molecular flexibility index (Phi) is 7.29. The fourth-order valence-electron chi connectivity index (χ4n) is 3.60. The van der Waals surface area contributed by atoms with Gasteiger partial charge in [-0.15, -0.1) is 0 Å². The molecular formula is C27H22N6O3. The van der Waals surface area contributed by atoms with Crippen molar-refractivity contribution in [3.63, 3.8) is 0 Å². The molecule has 0 aliphatic rings. The van der Waals surface area contributed by atoms with Crippen molar-refractivity contribution in [1.29, 1.82) is 5.26 Å². The van der Waals surface area contributed by atoms with Gasteiger partial charge >= 0.3 is 0 Å². The normalized spacial score (nSPS) is 10.3. The fourth-order valence-corrected chi connectivity index (χ4v) is 3.60. The van der Waals surface area contributed by atoms with E-state index in [9.17, 15) is 20.0 Å². The van der Waals surface area contributed by atoms with E-state index in [0.29, 0.717) is 41.0 Å². The highest BCUT2D eigenvalue weighted by Gasteiger charge is 2.20. The Balaban J connectivity index is 1.87. The third kappa shape index (κ3) is 5.19. The summed E-state index contributed by atoms with van der Waals surface area (Å²) in [6.45, 7) is 0.627. The van der Waals surface area contributed by atoms with Gasteiger partial charge in [-0.25, -0.2) is 4.98 Å². The van der Waals surface area contributed by atoms with Crippen LogP contribution < -0.4 is 16.4 Å². The van der Waals surface area contributed by atoms with E-state index in [-0.39, 0.29) is 28.6 Å². The Labute approximate surface area is 207 Å². The number of aromatic nitrogens is 2. The molecule has 2 amide bonds. The number of amides is 2. The first-order valence-electron chi connectivity index (χ1n) is 11.1. The zero-order valence-corrected chi connectivity index (χ0v) is 19.1. The highest BCUT2D eigenvalue weighted by molar-refractivity contribution is 6.05. The van der Waals surface area contributed by atoms with E-state index in [1.54, 1.807) is 66.9 Å². The van der Waals surface area contributed by atoms with E-state index in [1.807, 2.05) is 0 Å². The number of phenols is 1. The van der Waals surface area contributed by atoms with Crippen LogP contribution in [-0.4, -0.2) is 40.0 Å². The van der Waals surface area contributed by atoms with Crippen LogP contribution in [0.4, 0.5) is 5.82 Å². The Bertz CT molecular complexity index is 1460. The number of hydrogen-bond donors (Lipinski definition) is 4. The lowest BCUT2D eigenvalue weighted by Gasteiger charge is -2.15. The minimum atomic E-state index is -0.498. The van der Waals surface area contributed by atoms with Crippen molar-refractivity contribution in [2.75, 3.05) is 18.4 Å². The summed E-state index contributed by atoms with van der Waals surface area (Å²) in [6, 6.07) is 20.3. The number of hydrogen-bond acceptors (Lipinski definition) is 7. The Morgan fingerprint density at radius 2 is 1.78 bits per heavy atom. The molecule has 0 atom stereocenters. The first kappa shape index (κ1) is 24.1. The molecule has 2 heterocycles. The maximum Gasteiger partial charge on any atom is 0.258 e. The van der Waals surface area contributed by atoms with Gasteiger partial charge in [0, 0.05) is 42.2 Å². The number of carbonyl (C=O) groups is 2. The van der Waals surface area contributed by atoms with Crippen LogP contribution in [0.25, 0.3) is 22.4 Å². The van der Waals surface area contributed by atoms with E-state index in [4.69, 9.17) is 5.73 Å². The lowest BCUT2D eigenvalue weighted by molar-refractivity contribution is 0.0954. The van der Waals surface area contributed by atoms with Gasteiger partial charge in [0.15, 0.2) is 5.82 Å². The van der Waals surface area contributed by atoms with Crippen molar-refractivity contribution in [2.24, 2.45) is 5.73 Å². The molecule has 178 valence electrons. The number of carbonyl (C=O) groups excluding carboxylic acids is 2. The summed E-state index contributed by atoms with van der Waals surface area (Å²) in [7, 11) is 0. The Morgan fingerprint density at radius 3 is 2.50 bits per heavy atom. The summed E-state index contributed by atoms with van der Waals surface area (Å²) in [5.74, 6) is -0.802. The van der Waals surface area contributed by atoms with Crippen molar-refractivity contribution < 1.29 is 14.7 Å². The number of benzene rings is 2. The molecule has 9 nitrogen and oxygen atoms in total. The second kappa shape index (κ2) is 10.9. The molecular weight excluding hydrogens is 456 g/mol. The highest BCUT2D eigenvalue weighted by Crippen LogP contribution is 2.35. The Morgan fingerprint density at radius 1 is 0.972 bits per heavy atom. The van der Waals surface area contributed by atoms with Gasteiger partial charge in [0.05, 0.1) is 11.3 Å². The van der Waals surface area contributed by atoms with Crippen molar-refractivity contribution >= 4 is 17.6 Å². The topological polar surface area (TPSA) is 154 Å². The third-order valence-corrected chi connectivity index (χ3v) is 5.33. The highest BCUT2D eigenvalue weighted by atomic mass is 16.3. The van der Waals surface area contributed by atoms with Crippen LogP contribution in [0.2, 0.25) is 0 Å². The molecule has 0 unspecified atom stereocenters. The first-order valence-corrected chi connectivity index (χ1v) is 11.1. The lowest BCUT2D eigenvalue weighted by atomic mass is 9.96. The lowest BCUT2D eigenvalue weighted by Crippen LogP contribution is -2.28. The number of para-hydroxylation sites is 1. The van der Waals surface area contributed by atoms with Crippen molar-refractivity contribution in [3.8, 4) is 34.2 Å². The molecule has 0 radical (unpaired) electrons. The van der Waals surface area contributed by atoms with Crippen LogP contribution in [0, 0.1) is 11.3 Å². The quantitative estimate of drug-likeness (QED) is 0.318. The molecule has 0 saturated carbocycles. The predicted octanol–water partition coefficient (Wildman–Crippen LogP) is 3.33. The van der Waals surface area contributed by atoms with Gasteiger partial charge in [-0.1, -0.05) is 24.3 Å². The monoisotopic (exact) mass is 478 g/mol. The summed E-state index contributed by atoms with van der Waals surface area (Å²) >= 11 is 0. The number of aromatic hydroxyl groups is 1. The van der Waals surface area contributed by atoms with E-state index in [0.717, 1.165) is 0 Å². The molecule has 4 aromatic rings. The van der Waals surface area contributed by atoms with Crippen molar-refractivity contribution in [3.05, 3.63) is 95.8 Å². The summed E-state index contributed by atoms with van der Waals surface area (Å²) in [5.41, 5.74) is 7.99. The maximum atomic E-state index is 12.9. The van der Waals surface area contributed by atoms with Crippen LogP contribution in [0.1, 0.15) is 26.3 Å². The Hall–Kier alpha value is -5.07. The average molecular weight is 479 g/mol. The molecule has 0 fully saturated rings. The van der Waals surface area contributed by atoms with Gasteiger partial charge in [0.2, 0.25) is 0 Å². The summed E-state index contributed by atoms with van der Waals surface area (Å²) < 4.78 is 0. The molecule has 0 aliphatic carbocycles. The molecule has 0 bridgehead atoms. The number of nitriles is 1. The average Bonchev–Trinajstić information content (AvgIpc) is 2.92. The van der Waals surface area contributed by atoms with Crippen molar-refractivity contribution in [1.82, 2.24) is 15.3 Å². The summed E-state index contributed by atoms with van der Waals surface area (Å²) in [5, 5.41) is 25.9. The van der Waals surface area contributed by atoms with Crippen LogP contribution in [0.5, 0.6) is 5.75 Å². The van der Waals surface area contributed by atoms with Gasteiger partial charge in [0.25, 0.3) is 11.8 Å². The minimum Gasteiger partial charge on any atom is -0.507 e. The number of anilines is 1. The molecule has 5 N–H and O–H groups in total. The van der Waals surface area contributed by atoms with E-state index < -0.39 is 5.91 Å². The largest absolute Gasteiger partial charge is 0.507 e. The second-order valence-electron chi connectivity index (χ2n) is 7.73. The van der Waals surface area contributed by atoms with Crippen LogP contribution in [0.3, 0.4) is 0 Å². The predicted molar refractivity (Wildman–Crippen MR) is 135 cm³/mol. The molecule has 36 heavy (non-hydrogen) atoms. The zero-order chi connectivity index (χ0) is 25.5. The molecule has 0 saturated heterocycles. The van der Waals surface area contributed by atoms with Crippen LogP contribution in [0.15, 0.2) is 79.1 Å². The van der Waals surface area contributed by atoms with Gasteiger partial charge < -0.3 is 21.5 Å². The third-order valence-electron chi connectivity index (χ3n) is 5.33. The van der Waals surface area contributed by atoms with E-state index >= 15 is 0 Å². The number of pyridine rings is 2. The zero-order valence-electron chi connectivity index (χ0n) is 19.1. The number of nitrogens with zero attached hydrogens (tertiary/aromatic N) is 3. The fraction of sp³-hybridized carbons (Fsp3) is 0.0741. The van der Waals surface area contributed by atoms with E-state index in [2.05, 4.69) is 26.7 Å². The van der Waals surface area contributed by atoms with Gasteiger partial charge in [-0.2, -0.15) is 5.26 Å². The van der Waals surface area contributed by atoms with Gasteiger partial charge in [-0.05, 0) is 48.0 Å². The van der Waals surface area contributed by atoms with Crippen LogP contribution >= 0.6 is 0 Å². The number of nitrogens with two attached hydrogens (primary N) is 1. The first-order chi connectivity index (χ1) is 17.5. The molecule has 0 aliphatic heterocycles. The maximum absolute atomic E-state index is 12.9. The number of rotatable bonds is 7. The summed E-state index contributed by atoms with van der Waals surface area (Å²) in [6.07, 6.45) is 2.95. The second-order valence-corrected chi connectivity index (χ2v) is 7.73. The standard InChI is InChI=1S/C27H22N6O3/c28-10-12-31-26(35)18-6-3-5-17(13-18)21-14-23(20-8-1-2-9-24(20)34)32-25(22(21)15-29)33-27(36)19-7-4-11-30-16-19/h1-9,11,13-14,16,34H,10,12,28H2,(H,31,35)(H,32,33,36). The van der Waals surface area contributed by atoms with Gasteiger partial charge in [-0.3, -0.25) is 14.6 Å². The SMILES string of the molecule is N#Cc1c(-c2cccc(C(=O)NCCN)c2)cc(-c2ccccc2O)nc1NC(=O)c1cccnc1. The number of phenolic OH excluding ortho intramolecular Hbond substituents is 1. The minimum absolute atomic E-state index is 0.0138. The number of nitrogens with one attached hydrogen (secondary N) is 2.